The molecule has 4 rings (SSSR count). The number of ether oxygens (including phenoxy) is 2. The third-order valence-electron chi connectivity index (χ3n) is 3.94. The van der Waals surface area contributed by atoms with Crippen molar-refractivity contribution in [3.8, 4) is 11.5 Å². The molecule has 0 saturated carbocycles. The number of halogens is 1. The Bertz CT molecular complexity index is 1310. The summed E-state index contributed by atoms with van der Waals surface area (Å²) in [4.78, 5) is 29.2. The monoisotopic (exact) mass is 400 g/mol. The van der Waals surface area contributed by atoms with Crippen molar-refractivity contribution in [2.75, 3.05) is 7.11 Å². The number of esters is 1. The van der Waals surface area contributed by atoms with Crippen LogP contribution in [0.4, 0.5) is 0 Å². The number of carbonyl (C=O) groups is 1. The zero-order chi connectivity index (χ0) is 19.1. The Kier molecular flexibility index (Phi) is 4.33. The van der Waals surface area contributed by atoms with Crippen molar-refractivity contribution in [2.45, 2.75) is 6.92 Å². The molecular weight excluding hydrogens is 388 g/mol. The van der Waals surface area contributed by atoms with Gasteiger partial charge in [-0.05, 0) is 35.9 Å². The van der Waals surface area contributed by atoms with Crippen LogP contribution in [0.3, 0.4) is 0 Å². The maximum Gasteiger partial charge on any atom is 0.308 e. The van der Waals surface area contributed by atoms with Gasteiger partial charge in [-0.15, -0.1) is 0 Å². The van der Waals surface area contributed by atoms with Crippen LogP contribution in [-0.4, -0.2) is 22.5 Å². The number of para-hydroxylation sites is 2. The van der Waals surface area contributed by atoms with Crippen molar-refractivity contribution < 1.29 is 14.3 Å². The second-order valence-electron chi connectivity index (χ2n) is 5.76. The molecule has 2 aromatic carbocycles. The Morgan fingerprint density at radius 3 is 2.81 bits per heavy atom. The third-order valence-corrected chi connectivity index (χ3v) is 5.19. The lowest BCUT2D eigenvalue weighted by molar-refractivity contribution is -0.132. The summed E-state index contributed by atoms with van der Waals surface area (Å²) in [6, 6.07) is 10.8. The molecule has 0 fully saturated rings. The minimum Gasteiger partial charge on any atom is -0.493 e. The summed E-state index contributed by atoms with van der Waals surface area (Å²) >= 11 is 7.52. The molecule has 0 bridgehead atoms. The van der Waals surface area contributed by atoms with Gasteiger partial charge in [0.2, 0.25) is 0 Å². The van der Waals surface area contributed by atoms with Crippen molar-refractivity contribution in [1.82, 2.24) is 9.38 Å². The molecule has 0 unspecified atom stereocenters. The molecule has 0 aliphatic carbocycles. The number of thiazole rings is 1. The molecule has 0 N–H and O–H groups in total. The van der Waals surface area contributed by atoms with Crippen LogP contribution in [0.2, 0.25) is 5.02 Å². The highest BCUT2D eigenvalue weighted by atomic mass is 35.5. The molecular formula is C19H13ClN2O4S. The van der Waals surface area contributed by atoms with Crippen molar-refractivity contribution in [2.24, 2.45) is 0 Å². The Morgan fingerprint density at radius 1 is 1.30 bits per heavy atom. The molecule has 0 spiro atoms. The number of nitrogens with zero attached hydrogens (tertiary/aromatic N) is 2. The number of fused-ring (bicyclic) bond motifs is 3. The summed E-state index contributed by atoms with van der Waals surface area (Å²) in [6.45, 7) is 1.28. The van der Waals surface area contributed by atoms with Crippen LogP contribution in [0, 0.1) is 0 Å². The van der Waals surface area contributed by atoms with Gasteiger partial charge in [0.1, 0.15) is 0 Å². The average Bonchev–Trinajstić information content (AvgIpc) is 3.13. The van der Waals surface area contributed by atoms with Gasteiger partial charge in [0.05, 0.1) is 27.7 Å². The van der Waals surface area contributed by atoms with Crippen LogP contribution in [0.15, 0.2) is 41.2 Å². The standard InChI is InChI=1S/C19H13ClN2O4S/c1-10(23)26-17-12(20)7-11(8-15(17)25-2)9-16-18(24)22-14-6-4-3-5-13(14)21-19(22)27-16/h3-9H,1-2H3/b16-9+. The highest BCUT2D eigenvalue weighted by Crippen LogP contribution is 2.36. The Hall–Kier alpha value is -2.90. The van der Waals surface area contributed by atoms with Crippen LogP contribution in [0.25, 0.3) is 22.1 Å². The fourth-order valence-corrected chi connectivity index (χ4v) is 4.07. The number of hydrogen-bond donors (Lipinski definition) is 0. The number of aromatic nitrogens is 2. The van der Waals surface area contributed by atoms with Crippen LogP contribution in [-0.2, 0) is 4.79 Å². The fraction of sp³-hybridized carbons (Fsp3) is 0.105. The topological polar surface area (TPSA) is 69.9 Å². The summed E-state index contributed by atoms with van der Waals surface area (Å²) in [5, 5.41) is 0.218. The SMILES string of the molecule is COc1cc(/C=c2/sc3nc4ccccc4n3c2=O)cc(Cl)c1OC(C)=O. The quantitative estimate of drug-likeness (QED) is 0.390. The van der Waals surface area contributed by atoms with Crippen LogP contribution < -0.4 is 19.6 Å². The van der Waals surface area contributed by atoms with Gasteiger partial charge in [0.15, 0.2) is 16.5 Å². The highest BCUT2D eigenvalue weighted by Gasteiger charge is 2.15. The highest BCUT2D eigenvalue weighted by molar-refractivity contribution is 7.15. The van der Waals surface area contributed by atoms with Gasteiger partial charge in [-0.25, -0.2) is 9.38 Å². The van der Waals surface area contributed by atoms with E-state index in [0.717, 1.165) is 11.0 Å². The van der Waals surface area contributed by atoms with Crippen molar-refractivity contribution in [3.63, 3.8) is 0 Å². The van der Waals surface area contributed by atoms with Gasteiger partial charge in [0.25, 0.3) is 5.56 Å². The molecule has 8 heteroatoms. The molecule has 2 aromatic heterocycles. The first-order chi connectivity index (χ1) is 13.0. The number of benzene rings is 2. The number of rotatable bonds is 3. The van der Waals surface area contributed by atoms with Crippen LogP contribution in [0.5, 0.6) is 11.5 Å². The molecule has 0 radical (unpaired) electrons. The van der Waals surface area contributed by atoms with E-state index in [0.29, 0.717) is 20.8 Å². The van der Waals surface area contributed by atoms with Gasteiger partial charge < -0.3 is 9.47 Å². The molecule has 136 valence electrons. The molecule has 0 atom stereocenters. The lowest BCUT2D eigenvalue weighted by Crippen LogP contribution is -2.22. The zero-order valence-corrected chi connectivity index (χ0v) is 15.9. The third kappa shape index (κ3) is 3.05. The number of imidazole rings is 1. The Labute approximate surface area is 162 Å². The molecule has 27 heavy (non-hydrogen) atoms. The van der Waals surface area contributed by atoms with Gasteiger partial charge in [-0.3, -0.25) is 9.59 Å². The second kappa shape index (κ2) is 6.68. The normalized spacial score (nSPS) is 12.0. The number of hydrogen-bond acceptors (Lipinski definition) is 6. The second-order valence-corrected chi connectivity index (χ2v) is 7.18. The molecule has 0 aliphatic rings. The van der Waals surface area contributed by atoms with Crippen molar-refractivity contribution in [1.29, 1.82) is 0 Å². The van der Waals surface area contributed by atoms with Gasteiger partial charge in [-0.2, -0.15) is 0 Å². The van der Waals surface area contributed by atoms with E-state index < -0.39 is 5.97 Å². The fourth-order valence-electron chi connectivity index (χ4n) is 2.83. The summed E-state index contributed by atoms with van der Waals surface area (Å²) in [5.74, 6) is -0.0403. The summed E-state index contributed by atoms with van der Waals surface area (Å²) in [6.07, 6.45) is 1.71. The predicted molar refractivity (Wildman–Crippen MR) is 105 cm³/mol. The lowest BCUT2D eigenvalue weighted by atomic mass is 10.2. The van der Waals surface area contributed by atoms with E-state index in [1.54, 1.807) is 22.6 Å². The average molecular weight is 401 g/mol. The zero-order valence-electron chi connectivity index (χ0n) is 14.4. The summed E-state index contributed by atoms with van der Waals surface area (Å²) in [5.41, 5.74) is 2.05. The van der Waals surface area contributed by atoms with Crippen LogP contribution >= 0.6 is 22.9 Å². The van der Waals surface area contributed by atoms with Crippen molar-refractivity contribution in [3.05, 3.63) is 61.9 Å². The first kappa shape index (κ1) is 17.5. The Balaban J connectivity index is 1.89. The first-order valence-corrected chi connectivity index (χ1v) is 9.15. The Morgan fingerprint density at radius 2 is 2.07 bits per heavy atom. The van der Waals surface area contributed by atoms with Crippen LogP contribution in [0.1, 0.15) is 12.5 Å². The lowest BCUT2D eigenvalue weighted by Gasteiger charge is -2.10. The van der Waals surface area contributed by atoms with E-state index in [-0.39, 0.29) is 16.3 Å². The van der Waals surface area contributed by atoms with Gasteiger partial charge >= 0.3 is 5.97 Å². The van der Waals surface area contributed by atoms with Gasteiger partial charge in [-0.1, -0.05) is 35.1 Å². The van der Waals surface area contributed by atoms with E-state index >= 15 is 0 Å². The largest absolute Gasteiger partial charge is 0.493 e. The summed E-state index contributed by atoms with van der Waals surface area (Å²) < 4.78 is 12.5. The maximum absolute atomic E-state index is 12.8. The maximum atomic E-state index is 12.8. The molecule has 6 nitrogen and oxygen atoms in total. The number of carbonyl (C=O) groups excluding carboxylic acids is 1. The first-order valence-electron chi connectivity index (χ1n) is 7.95. The van der Waals surface area contributed by atoms with E-state index in [4.69, 9.17) is 21.1 Å². The smallest absolute Gasteiger partial charge is 0.308 e. The van der Waals surface area contributed by atoms with E-state index in [9.17, 15) is 9.59 Å². The molecule has 0 aliphatic heterocycles. The van der Waals surface area contributed by atoms with E-state index in [1.807, 2.05) is 24.3 Å². The molecule has 2 heterocycles. The molecule has 0 saturated heterocycles. The summed E-state index contributed by atoms with van der Waals surface area (Å²) in [7, 11) is 1.45. The van der Waals surface area contributed by atoms with E-state index in [1.165, 1.54) is 25.4 Å². The minimum atomic E-state index is -0.500. The molecule has 0 amide bonds. The predicted octanol–water partition coefficient (Wildman–Crippen LogP) is 3.04. The van der Waals surface area contributed by atoms with E-state index in [2.05, 4.69) is 4.98 Å². The minimum absolute atomic E-state index is 0.150. The van der Waals surface area contributed by atoms with Gasteiger partial charge in [0, 0.05) is 6.92 Å². The number of methoxy groups -OCH3 is 1. The van der Waals surface area contributed by atoms with Crippen molar-refractivity contribution >= 4 is 51.0 Å². The molecule has 4 aromatic rings.